The smallest absolute Gasteiger partial charge is 0.241 e. The van der Waals surface area contributed by atoms with Crippen LogP contribution in [0.2, 0.25) is 0 Å². The summed E-state index contributed by atoms with van der Waals surface area (Å²) in [6, 6.07) is 7.41. The Morgan fingerprint density at radius 2 is 2.12 bits per heavy atom. The van der Waals surface area contributed by atoms with Gasteiger partial charge in [-0.25, -0.2) is 8.42 Å². The van der Waals surface area contributed by atoms with Gasteiger partial charge < -0.3 is 10.6 Å². The number of hydrogen-bond acceptors (Lipinski definition) is 5. The first-order chi connectivity index (χ1) is 11.5. The lowest BCUT2D eigenvalue weighted by molar-refractivity contribution is -0.132. The third-order valence-electron chi connectivity index (χ3n) is 4.19. The predicted octanol–water partition coefficient (Wildman–Crippen LogP) is 0.894. The molecule has 2 unspecified atom stereocenters. The summed E-state index contributed by atoms with van der Waals surface area (Å²) in [4.78, 5) is 14.7. The maximum absolute atomic E-state index is 12.8. The average molecular weight is 372 g/mol. The van der Waals surface area contributed by atoms with E-state index in [0.717, 1.165) is 6.42 Å². The molecule has 0 radical (unpaired) electrons. The van der Waals surface area contributed by atoms with Gasteiger partial charge >= 0.3 is 0 Å². The zero-order valence-corrected chi connectivity index (χ0v) is 15.5. The second-order valence-corrected chi connectivity index (χ2v) is 8.64. The van der Waals surface area contributed by atoms with Crippen molar-refractivity contribution in [2.75, 3.05) is 31.6 Å². The minimum absolute atomic E-state index is 0.153. The minimum atomic E-state index is -3.72. The van der Waals surface area contributed by atoms with Gasteiger partial charge in [-0.05, 0) is 49.4 Å². The van der Waals surface area contributed by atoms with Crippen molar-refractivity contribution in [1.82, 2.24) is 9.62 Å². The molecule has 0 spiro atoms. The molecule has 1 aliphatic rings. The van der Waals surface area contributed by atoms with Gasteiger partial charge in [-0.15, -0.1) is 0 Å². The number of nitrogens with two attached hydrogens (primary N) is 1. The summed E-state index contributed by atoms with van der Waals surface area (Å²) in [6.07, 6.45) is 3.28. The number of benzene rings is 1. The first kappa shape index (κ1) is 19.2. The van der Waals surface area contributed by atoms with Crippen molar-refractivity contribution >= 4 is 27.7 Å². The number of rotatable bonds is 8. The Morgan fingerprint density at radius 3 is 2.71 bits per heavy atom. The van der Waals surface area contributed by atoms with Crippen LogP contribution in [0, 0.1) is 5.92 Å². The van der Waals surface area contributed by atoms with E-state index in [1.807, 2.05) is 6.26 Å². The Bertz CT molecular complexity index is 637. The molecule has 1 saturated heterocycles. The van der Waals surface area contributed by atoms with Crippen molar-refractivity contribution in [2.24, 2.45) is 11.7 Å². The van der Waals surface area contributed by atoms with Gasteiger partial charge in [0.1, 0.15) is 6.04 Å². The van der Waals surface area contributed by atoms with Crippen molar-refractivity contribution < 1.29 is 13.2 Å². The highest BCUT2D eigenvalue weighted by atomic mass is 32.2. The standard InChI is InChI=1S/C16H25N3O3S2/c1-23-10-8-15(16(20)19-9-7-13(11-17)12-19)18-24(21,22)14-5-3-2-4-6-14/h2-6,13,15,18H,7-12,17H2,1H3. The molecular formula is C16H25N3O3S2. The normalized spacial score (nSPS) is 19.4. The molecular weight excluding hydrogens is 346 g/mol. The largest absolute Gasteiger partial charge is 0.341 e. The van der Waals surface area contributed by atoms with E-state index in [-0.39, 0.29) is 10.8 Å². The Morgan fingerprint density at radius 1 is 1.42 bits per heavy atom. The van der Waals surface area contributed by atoms with E-state index < -0.39 is 16.1 Å². The molecule has 0 aromatic heterocycles. The van der Waals surface area contributed by atoms with Gasteiger partial charge in [-0.1, -0.05) is 18.2 Å². The topological polar surface area (TPSA) is 92.5 Å². The van der Waals surface area contributed by atoms with Crippen molar-refractivity contribution in [3.63, 3.8) is 0 Å². The summed E-state index contributed by atoms with van der Waals surface area (Å²) in [5, 5.41) is 0. The molecule has 0 bridgehead atoms. The van der Waals surface area contributed by atoms with E-state index in [9.17, 15) is 13.2 Å². The highest BCUT2D eigenvalue weighted by Crippen LogP contribution is 2.18. The molecule has 0 aliphatic carbocycles. The minimum Gasteiger partial charge on any atom is -0.341 e. The van der Waals surface area contributed by atoms with Gasteiger partial charge in [0.2, 0.25) is 15.9 Å². The van der Waals surface area contributed by atoms with Crippen LogP contribution in [0.1, 0.15) is 12.8 Å². The summed E-state index contributed by atoms with van der Waals surface area (Å²) < 4.78 is 27.7. The average Bonchev–Trinajstić information content (AvgIpc) is 3.08. The Balaban J connectivity index is 2.12. The van der Waals surface area contributed by atoms with Gasteiger partial charge in [0.05, 0.1) is 4.90 Å². The number of nitrogens with zero attached hydrogens (tertiary/aromatic N) is 1. The van der Waals surface area contributed by atoms with Crippen LogP contribution < -0.4 is 10.5 Å². The van der Waals surface area contributed by atoms with Crippen molar-refractivity contribution in [1.29, 1.82) is 0 Å². The van der Waals surface area contributed by atoms with Crippen molar-refractivity contribution in [2.45, 2.75) is 23.8 Å². The zero-order valence-electron chi connectivity index (χ0n) is 13.8. The zero-order chi connectivity index (χ0) is 17.6. The lowest BCUT2D eigenvalue weighted by atomic mass is 10.1. The predicted molar refractivity (Wildman–Crippen MR) is 97.3 cm³/mol. The van der Waals surface area contributed by atoms with Crippen LogP contribution in [0.4, 0.5) is 0 Å². The molecule has 1 aromatic rings. The number of likely N-dealkylation sites (tertiary alicyclic amines) is 1. The fraction of sp³-hybridized carbons (Fsp3) is 0.562. The van der Waals surface area contributed by atoms with Gasteiger partial charge in [0.15, 0.2) is 0 Å². The molecule has 6 nitrogen and oxygen atoms in total. The van der Waals surface area contributed by atoms with E-state index in [2.05, 4.69) is 4.72 Å². The maximum Gasteiger partial charge on any atom is 0.241 e. The number of carbonyl (C=O) groups is 1. The van der Waals surface area contributed by atoms with Gasteiger partial charge in [0.25, 0.3) is 0 Å². The van der Waals surface area contributed by atoms with Crippen LogP contribution in [0.25, 0.3) is 0 Å². The van der Waals surface area contributed by atoms with Crippen molar-refractivity contribution in [3.8, 4) is 0 Å². The number of thioether (sulfide) groups is 1. The Kier molecular flexibility index (Phi) is 7.09. The highest BCUT2D eigenvalue weighted by molar-refractivity contribution is 7.98. The summed E-state index contributed by atoms with van der Waals surface area (Å²) >= 11 is 1.59. The highest BCUT2D eigenvalue weighted by Gasteiger charge is 2.32. The fourth-order valence-corrected chi connectivity index (χ4v) is 4.49. The maximum atomic E-state index is 12.8. The molecule has 24 heavy (non-hydrogen) atoms. The van der Waals surface area contributed by atoms with Crippen LogP contribution in [0.5, 0.6) is 0 Å². The quantitative estimate of drug-likeness (QED) is 0.708. The number of nitrogens with one attached hydrogen (secondary N) is 1. The molecule has 2 atom stereocenters. The van der Waals surface area contributed by atoms with Gasteiger partial charge in [0, 0.05) is 13.1 Å². The molecule has 134 valence electrons. The number of carbonyl (C=O) groups excluding carboxylic acids is 1. The lowest BCUT2D eigenvalue weighted by Gasteiger charge is -2.24. The summed E-state index contributed by atoms with van der Waals surface area (Å²) in [6.45, 7) is 1.80. The molecule has 1 heterocycles. The van der Waals surface area contributed by atoms with Crippen LogP contribution >= 0.6 is 11.8 Å². The third-order valence-corrected chi connectivity index (χ3v) is 6.32. The summed E-state index contributed by atoms with van der Waals surface area (Å²) in [5.74, 6) is 0.863. The number of hydrogen-bond donors (Lipinski definition) is 2. The molecule has 1 aliphatic heterocycles. The van der Waals surface area contributed by atoms with Crippen LogP contribution in [-0.2, 0) is 14.8 Å². The molecule has 1 fully saturated rings. The third kappa shape index (κ3) is 4.95. The number of amides is 1. The van der Waals surface area contributed by atoms with E-state index in [1.165, 1.54) is 12.1 Å². The monoisotopic (exact) mass is 371 g/mol. The molecule has 1 amide bonds. The Labute approximate surface area is 148 Å². The number of sulfonamides is 1. The van der Waals surface area contributed by atoms with E-state index in [4.69, 9.17) is 5.73 Å². The second-order valence-electron chi connectivity index (χ2n) is 5.94. The molecule has 3 N–H and O–H groups in total. The Hall–Kier alpha value is -1.09. The van der Waals surface area contributed by atoms with Crippen LogP contribution in [0.3, 0.4) is 0 Å². The molecule has 8 heteroatoms. The van der Waals surface area contributed by atoms with Gasteiger partial charge in [-0.2, -0.15) is 16.5 Å². The fourth-order valence-electron chi connectivity index (χ4n) is 2.77. The van der Waals surface area contributed by atoms with E-state index in [0.29, 0.717) is 37.7 Å². The van der Waals surface area contributed by atoms with Crippen LogP contribution in [-0.4, -0.2) is 56.9 Å². The SMILES string of the molecule is CSCCC(NS(=O)(=O)c1ccccc1)C(=O)N1CCC(CN)C1. The molecule has 1 aromatic carbocycles. The van der Waals surface area contributed by atoms with Gasteiger partial charge in [-0.3, -0.25) is 4.79 Å². The van der Waals surface area contributed by atoms with Crippen LogP contribution in [0.15, 0.2) is 35.2 Å². The lowest BCUT2D eigenvalue weighted by Crippen LogP contribution is -2.48. The van der Waals surface area contributed by atoms with E-state index >= 15 is 0 Å². The first-order valence-corrected chi connectivity index (χ1v) is 10.9. The first-order valence-electron chi connectivity index (χ1n) is 8.03. The molecule has 0 saturated carbocycles. The summed E-state index contributed by atoms with van der Waals surface area (Å²) in [7, 11) is -3.72. The molecule has 2 rings (SSSR count). The van der Waals surface area contributed by atoms with Crippen molar-refractivity contribution in [3.05, 3.63) is 30.3 Å². The second kappa shape index (κ2) is 8.84. The van der Waals surface area contributed by atoms with E-state index in [1.54, 1.807) is 34.9 Å². The summed E-state index contributed by atoms with van der Waals surface area (Å²) in [5.41, 5.74) is 5.68.